The molecule has 0 saturated carbocycles. The molecule has 0 saturated heterocycles. The van der Waals surface area contributed by atoms with Crippen molar-refractivity contribution >= 4 is 11.3 Å². The molecule has 0 aliphatic carbocycles. The quantitative estimate of drug-likeness (QED) is 0.797. The van der Waals surface area contributed by atoms with Gasteiger partial charge in [-0.25, -0.2) is 4.98 Å². The van der Waals surface area contributed by atoms with Gasteiger partial charge in [0.1, 0.15) is 0 Å². The molecule has 4 heteroatoms. The van der Waals surface area contributed by atoms with E-state index in [4.69, 9.17) is 10.7 Å². The number of thiazole rings is 1. The number of aromatic nitrogens is 1. The molecule has 1 aromatic heterocycles. The van der Waals surface area contributed by atoms with Gasteiger partial charge in [-0.05, 0) is 32.4 Å². The number of aryl methyl sites for hydroxylation is 1. The first-order valence-electron chi connectivity index (χ1n) is 6.23. The van der Waals surface area contributed by atoms with Crippen molar-refractivity contribution < 1.29 is 0 Å². The Morgan fingerprint density at radius 3 is 3.06 bits per heavy atom. The van der Waals surface area contributed by atoms with Crippen LogP contribution in [-0.2, 0) is 19.4 Å². The lowest BCUT2D eigenvalue weighted by Gasteiger charge is -2.23. The topological polar surface area (TPSA) is 42.2 Å². The van der Waals surface area contributed by atoms with E-state index in [1.54, 1.807) is 0 Å². The van der Waals surface area contributed by atoms with Crippen LogP contribution < -0.4 is 5.73 Å². The van der Waals surface area contributed by atoms with Gasteiger partial charge in [-0.3, -0.25) is 4.90 Å². The largest absolute Gasteiger partial charge is 0.330 e. The molecule has 2 rings (SSSR count). The maximum absolute atomic E-state index is 5.50. The molecular weight excluding hydrogens is 218 g/mol. The van der Waals surface area contributed by atoms with Crippen molar-refractivity contribution in [2.24, 2.45) is 5.73 Å². The molecule has 1 aliphatic rings. The standard InChI is InChI=1S/C12H21N3S/c1-2-15-8-6-10-11(9-15)16-12(14-10)5-3-4-7-13/h2-9,13H2,1H3. The second-order valence-corrected chi connectivity index (χ2v) is 5.51. The number of nitrogens with two attached hydrogens (primary N) is 1. The van der Waals surface area contributed by atoms with E-state index in [2.05, 4.69) is 11.8 Å². The van der Waals surface area contributed by atoms with Crippen LogP contribution >= 0.6 is 11.3 Å². The van der Waals surface area contributed by atoms with Crippen LogP contribution in [0.3, 0.4) is 0 Å². The van der Waals surface area contributed by atoms with Crippen LogP contribution in [0.1, 0.15) is 35.3 Å². The molecule has 0 bridgehead atoms. The SMILES string of the molecule is CCN1CCc2nc(CCCCN)sc2C1. The average molecular weight is 239 g/mol. The number of hydrogen-bond donors (Lipinski definition) is 1. The summed E-state index contributed by atoms with van der Waals surface area (Å²) in [4.78, 5) is 8.73. The molecule has 0 radical (unpaired) electrons. The Morgan fingerprint density at radius 1 is 1.44 bits per heavy atom. The smallest absolute Gasteiger partial charge is 0.0931 e. The zero-order valence-electron chi connectivity index (χ0n) is 10.0. The van der Waals surface area contributed by atoms with E-state index in [0.29, 0.717) is 0 Å². The monoisotopic (exact) mass is 239 g/mol. The zero-order chi connectivity index (χ0) is 11.4. The summed E-state index contributed by atoms with van der Waals surface area (Å²) >= 11 is 1.91. The summed E-state index contributed by atoms with van der Waals surface area (Å²) in [5, 5.41) is 1.32. The number of unbranched alkanes of at least 4 members (excludes halogenated alkanes) is 1. The van der Waals surface area contributed by atoms with Crippen LogP contribution in [0.4, 0.5) is 0 Å². The third kappa shape index (κ3) is 2.81. The fraction of sp³-hybridized carbons (Fsp3) is 0.750. The highest BCUT2D eigenvalue weighted by Gasteiger charge is 2.19. The summed E-state index contributed by atoms with van der Waals surface area (Å²) in [5.41, 5.74) is 6.86. The Bertz CT molecular complexity index is 335. The molecule has 0 fully saturated rings. The average Bonchev–Trinajstić information content (AvgIpc) is 2.70. The summed E-state index contributed by atoms with van der Waals surface area (Å²) in [5.74, 6) is 0. The van der Waals surface area contributed by atoms with Gasteiger partial charge in [-0.2, -0.15) is 0 Å². The van der Waals surface area contributed by atoms with Crippen LogP contribution in [0, 0.1) is 0 Å². The van der Waals surface area contributed by atoms with Crippen molar-refractivity contribution in [3.05, 3.63) is 15.6 Å². The zero-order valence-corrected chi connectivity index (χ0v) is 10.9. The van der Waals surface area contributed by atoms with Gasteiger partial charge in [-0.1, -0.05) is 6.92 Å². The highest BCUT2D eigenvalue weighted by atomic mass is 32.1. The Kier molecular flexibility index (Phi) is 4.32. The van der Waals surface area contributed by atoms with Crippen LogP contribution in [0.2, 0.25) is 0 Å². The van der Waals surface area contributed by atoms with Crippen LogP contribution in [0.25, 0.3) is 0 Å². The van der Waals surface area contributed by atoms with E-state index in [9.17, 15) is 0 Å². The summed E-state index contributed by atoms with van der Waals surface area (Å²) in [6.07, 6.45) is 4.54. The molecule has 0 unspecified atom stereocenters. The van der Waals surface area contributed by atoms with Gasteiger partial charge in [0, 0.05) is 24.4 Å². The fourth-order valence-corrected chi connectivity index (χ4v) is 3.30. The van der Waals surface area contributed by atoms with Crippen molar-refractivity contribution in [3.63, 3.8) is 0 Å². The molecule has 1 aromatic rings. The lowest BCUT2D eigenvalue weighted by molar-refractivity contribution is 0.269. The maximum atomic E-state index is 5.50. The first-order chi connectivity index (χ1) is 7.83. The minimum atomic E-state index is 0.800. The molecule has 0 amide bonds. The molecule has 1 aliphatic heterocycles. The summed E-state index contributed by atoms with van der Waals surface area (Å²) in [7, 11) is 0. The van der Waals surface area contributed by atoms with Crippen molar-refractivity contribution in [1.29, 1.82) is 0 Å². The lowest BCUT2D eigenvalue weighted by atomic mass is 10.2. The van der Waals surface area contributed by atoms with E-state index in [1.165, 1.54) is 28.5 Å². The van der Waals surface area contributed by atoms with Crippen molar-refractivity contribution in [1.82, 2.24) is 9.88 Å². The van der Waals surface area contributed by atoms with Crippen molar-refractivity contribution in [2.75, 3.05) is 19.6 Å². The van der Waals surface area contributed by atoms with Gasteiger partial charge in [0.25, 0.3) is 0 Å². The predicted molar refractivity (Wildman–Crippen MR) is 68.8 cm³/mol. The van der Waals surface area contributed by atoms with Gasteiger partial charge in [0.15, 0.2) is 0 Å². The Labute approximate surface area is 102 Å². The maximum Gasteiger partial charge on any atom is 0.0931 e. The number of nitrogens with zero attached hydrogens (tertiary/aromatic N) is 2. The third-order valence-electron chi connectivity index (χ3n) is 3.15. The predicted octanol–water partition coefficient (Wildman–Crippen LogP) is 1.80. The van der Waals surface area contributed by atoms with Gasteiger partial charge in [0.05, 0.1) is 10.7 Å². The highest BCUT2D eigenvalue weighted by Crippen LogP contribution is 2.25. The van der Waals surface area contributed by atoms with Gasteiger partial charge in [0.2, 0.25) is 0 Å². The second kappa shape index (κ2) is 5.75. The molecule has 90 valence electrons. The molecule has 0 aromatic carbocycles. The normalized spacial score (nSPS) is 16.4. The minimum absolute atomic E-state index is 0.800. The van der Waals surface area contributed by atoms with Crippen molar-refractivity contribution in [2.45, 2.75) is 39.2 Å². The van der Waals surface area contributed by atoms with Crippen molar-refractivity contribution in [3.8, 4) is 0 Å². The van der Waals surface area contributed by atoms with Gasteiger partial charge >= 0.3 is 0 Å². The first kappa shape index (κ1) is 12.0. The second-order valence-electron chi connectivity index (χ2n) is 4.34. The molecule has 0 spiro atoms. The van der Waals surface area contributed by atoms with E-state index >= 15 is 0 Å². The molecular formula is C12H21N3S. The summed E-state index contributed by atoms with van der Waals surface area (Å²) in [6, 6.07) is 0. The first-order valence-corrected chi connectivity index (χ1v) is 7.05. The van der Waals surface area contributed by atoms with E-state index in [0.717, 1.165) is 38.9 Å². The van der Waals surface area contributed by atoms with Gasteiger partial charge in [-0.15, -0.1) is 11.3 Å². The summed E-state index contributed by atoms with van der Waals surface area (Å²) in [6.45, 7) is 6.47. The number of rotatable bonds is 5. The third-order valence-corrected chi connectivity index (χ3v) is 4.29. The Balaban J connectivity index is 1.95. The fourth-order valence-electron chi connectivity index (χ4n) is 2.10. The van der Waals surface area contributed by atoms with Crippen LogP contribution in [0.5, 0.6) is 0 Å². The highest BCUT2D eigenvalue weighted by molar-refractivity contribution is 7.11. The minimum Gasteiger partial charge on any atom is -0.330 e. The molecule has 2 N–H and O–H groups in total. The molecule has 16 heavy (non-hydrogen) atoms. The van der Waals surface area contributed by atoms with E-state index in [-0.39, 0.29) is 0 Å². The van der Waals surface area contributed by atoms with Crippen LogP contribution in [0.15, 0.2) is 0 Å². The summed E-state index contributed by atoms with van der Waals surface area (Å²) < 4.78 is 0. The number of fused-ring (bicyclic) bond motifs is 1. The number of likely N-dealkylation sites (N-methyl/N-ethyl adjacent to an activating group) is 1. The molecule has 2 heterocycles. The number of hydrogen-bond acceptors (Lipinski definition) is 4. The van der Waals surface area contributed by atoms with E-state index < -0.39 is 0 Å². The Morgan fingerprint density at radius 2 is 2.31 bits per heavy atom. The lowest BCUT2D eigenvalue weighted by Crippen LogP contribution is -2.29. The molecule has 3 nitrogen and oxygen atoms in total. The Hall–Kier alpha value is -0.450. The van der Waals surface area contributed by atoms with E-state index in [1.807, 2.05) is 11.3 Å². The van der Waals surface area contributed by atoms with Crippen LogP contribution in [-0.4, -0.2) is 29.5 Å². The molecule has 0 atom stereocenters. The van der Waals surface area contributed by atoms with Gasteiger partial charge < -0.3 is 5.73 Å².